The van der Waals surface area contributed by atoms with Crippen molar-refractivity contribution in [3.8, 4) is 0 Å². The van der Waals surface area contributed by atoms with Crippen molar-refractivity contribution in [2.24, 2.45) is 5.92 Å². The molecule has 0 unspecified atom stereocenters. The molecular formula is C13H20N4. The highest BCUT2D eigenvalue weighted by atomic mass is 15.1. The Labute approximate surface area is 102 Å². The van der Waals surface area contributed by atoms with Crippen LogP contribution in [0.15, 0.2) is 12.3 Å². The highest BCUT2D eigenvalue weighted by molar-refractivity contribution is 5.91. The fourth-order valence-corrected chi connectivity index (χ4v) is 2.23. The summed E-state index contributed by atoms with van der Waals surface area (Å²) >= 11 is 0. The van der Waals surface area contributed by atoms with Crippen LogP contribution in [0.1, 0.15) is 32.9 Å². The number of anilines is 1. The Morgan fingerprint density at radius 1 is 1.35 bits per heavy atom. The van der Waals surface area contributed by atoms with Gasteiger partial charge >= 0.3 is 0 Å². The first-order valence-electron chi connectivity index (χ1n) is 6.14. The Balaban J connectivity index is 2.26. The van der Waals surface area contributed by atoms with E-state index in [0.717, 1.165) is 28.8 Å². The van der Waals surface area contributed by atoms with Gasteiger partial charge in [0.1, 0.15) is 5.82 Å². The number of hydrogen-bond acceptors (Lipinski definition) is 3. The van der Waals surface area contributed by atoms with Crippen LogP contribution < -0.4 is 5.32 Å². The fourth-order valence-electron chi connectivity index (χ4n) is 2.23. The van der Waals surface area contributed by atoms with E-state index in [1.165, 1.54) is 0 Å². The molecule has 0 radical (unpaired) electrons. The van der Waals surface area contributed by atoms with Gasteiger partial charge in [-0.2, -0.15) is 5.10 Å². The van der Waals surface area contributed by atoms with E-state index in [-0.39, 0.29) is 0 Å². The van der Waals surface area contributed by atoms with Crippen molar-refractivity contribution in [3.05, 3.63) is 18.0 Å². The summed E-state index contributed by atoms with van der Waals surface area (Å²) in [6.45, 7) is 8.65. The van der Waals surface area contributed by atoms with Crippen LogP contribution in [0.5, 0.6) is 0 Å². The van der Waals surface area contributed by atoms with Crippen LogP contribution in [0, 0.1) is 12.8 Å². The minimum Gasteiger partial charge on any atom is -0.367 e. The first-order valence-corrected chi connectivity index (χ1v) is 6.14. The lowest BCUT2D eigenvalue weighted by atomic mass is 10.1. The van der Waals surface area contributed by atoms with Gasteiger partial charge in [-0.15, -0.1) is 0 Å². The van der Waals surface area contributed by atoms with Crippen LogP contribution in [0.4, 0.5) is 5.82 Å². The molecule has 2 aromatic heterocycles. The van der Waals surface area contributed by atoms with Gasteiger partial charge in [-0.1, -0.05) is 13.8 Å². The van der Waals surface area contributed by atoms with E-state index in [4.69, 9.17) is 0 Å². The molecule has 0 saturated carbocycles. The van der Waals surface area contributed by atoms with E-state index in [1.54, 1.807) is 0 Å². The Bertz CT molecular complexity index is 501. The second-order valence-electron chi connectivity index (χ2n) is 5.07. The zero-order chi connectivity index (χ0) is 12.4. The molecule has 4 heteroatoms. The van der Waals surface area contributed by atoms with Gasteiger partial charge in [-0.3, -0.25) is 5.10 Å². The molecule has 2 aromatic rings. The van der Waals surface area contributed by atoms with Crippen LogP contribution in [0.25, 0.3) is 10.9 Å². The number of aryl methyl sites for hydroxylation is 1. The quantitative estimate of drug-likeness (QED) is 0.851. The summed E-state index contributed by atoms with van der Waals surface area (Å²) in [6, 6.07) is 2.37. The van der Waals surface area contributed by atoms with Crippen LogP contribution in [-0.4, -0.2) is 21.2 Å². The lowest BCUT2D eigenvalue weighted by molar-refractivity contribution is 0.539. The van der Waals surface area contributed by atoms with E-state index >= 15 is 0 Å². The first kappa shape index (κ1) is 11.9. The molecule has 2 heterocycles. The van der Waals surface area contributed by atoms with Crippen LogP contribution in [-0.2, 0) is 0 Å². The number of rotatable bonds is 4. The van der Waals surface area contributed by atoms with Crippen molar-refractivity contribution >= 4 is 16.7 Å². The number of nitrogens with zero attached hydrogens (tertiary/aromatic N) is 2. The molecule has 92 valence electrons. The summed E-state index contributed by atoms with van der Waals surface area (Å²) in [6.07, 6.45) is 2.94. The third kappa shape index (κ3) is 2.57. The highest BCUT2D eigenvalue weighted by Gasteiger charge is 2.11. The van der Waals surface area contributed by atoms with Crippen LogP contribution >= 0.6 is 0 Å². The Kier molecular flexibility index (Phi) is 3.31. The minimum atomic E-state index is 0.419. The average Bonchev–Trinajstić information content (AvgIpc) is 2.60. The van der Waals surface area contributed by atoms with Gasteiger partial charge in [-0.25, -0.2) is 4.98 Å². The van der Waals surface area contributed by atoms with Crippen molar-refractivity contribution in [2.75, 3.05) is 5.32 Å². The van der Waals surface area contributed by atoms with E-state index in [1.807, 2.05) is 19.2 Å². The average molecular weight is 232 g/mol. The predicted octanol–water partition coefficient (Wildman–Crippen LogP) is 3.11. The summed E-state index contributed by atoms with van der Waals surface area (Å²) < 4.78 is 0. The zero-order valence-electron chi connectivity index (χ0n) is 10.9. The number of aromatic amines is 1. The van der Waals surface area contributed by atoms with Gasteiger partial charge in [0.15, 0.2) is 0 Å². The smallest absolute Gasteiger partial charge is 0.137 e. The number of H-pyrrole nitrogens is 1. The monoisotopic (exact) mass is 232 g/mol. The largest absolute Gasteiger partial charge is 0.367 e. The highest BCUT2D eigenvalue weighted by Crippen LogP contribution is 2.23. The standard InChI is InChI=1S/C13H20N4/c1-8(2)7-9(3)15-13-12-10(4)16-17-11(12)5-6-14-13/h5-6,8-9H,7H2,1-4H3,(H,14,15)(H,16,17)/t9-/m1/s1. The molecule has 0 fully saturated rings. The lowest BCUT2D eigenvalue weighted by Gasteiger charge is -2.17. The fraction of sp³-hybridized carbons (Fsp3) is 0.538. The molecule has 0 aliphatic rings. The molecule has 0 spiro atoms. The summed E-state index contributed by atoms with van der Waals surface area (Å²) in [5.74, 6) is 1.61. The van der Waals surface area contributed by atoms with E-state index in [9.17, 15) is 0 Å². The summed E-state index contributed by atoms with van der Waals surface area (Å²) in [7, 11) is 0. The normalized spacial score (nSPS) is 13.2. The summed E-state index contributed by atoms with van der Waals surface area (Å²) in [4.78, 5) is 4.42. The lowest BCUT2D eigenvalue weighted by Crippen LogP contribution is -2.18. The number of fused-ring (bicyclic) bond motifs is 1. The van der Waals surface area contributed by atoms with Crippen LogP contribution in [0.3, 0.4) is 0 Å². The van der Waals surface area contributed by atoms with Crippen molar-refractivity contribution in [1.29, 1.82) is 0 Å². The number of aromatic nitrogens is 3. The van der Waals surface area contributed by atoms with E-state index in [0.29, 0.717) is 12.0 Å². The molecule has 0 saturated heterocycles. The van der Waals surface area contributed by atoms with E-state index < -0.39 is 0 Å². The second-order valence-corrected chi connectivity index (χ2v) is 5.07. The molecule has 17 heavy (non-hydrogen) atoms. The molecule has 0 bridgehead atoms. The topological polar surface area (TPSA) is 53.6 Å². The number of nitrogens with one attached hydrogen (secondary N) is 2. The van der Waals surface area contributed by atoms with Crippen LogP contribution in [0.2, 0.25) is 0 Å². The summed E-state index contributed by atoms with van der Waals surface area (Å²) in [5, 5.41) is 11.8. The third-order valence-corrected chi connectivity index (χ3v) is 2.86. The third-order valence-electron chi connectivity index (χ3n) is 2.86. The van der Waals surface area contributed by atoms with Gasteiger partial charge < -0.3 is 5.32 Å². The number of pyridine rings is 1. The molecule has 0 aromatic carbocycles. The molecule has 4 nitrogen and oxygen atoms in total. The first-order chi connectivity index (χ1) is 8.08. The van der Waals surface area contributed by atoms with Crippen molar-refractivity contribution in [1.82, 2.24) is 15.2 Å². The molecular weight excluding hydrogens is 212 g/mol. The maximum absolute atomic E-state index is 4.42. The maximum atomic E-state index is 4.42. The van der Waals surface area contributed by atoms with E-state index in [2.05, 4.69) is 41.3 Å². The molecule has 0 amide bonds. The van der Waals surface area contributed by atoms with Gasteiger partial charge in [0.25, 0.3) is 0 Å². The maximum Gasteiger partial charge on any atom is 0.137 e. The molecule has 1 atom stereocenters. The van der Waals surface area contributed by atoms with Gasteiger partial charge in [0, 0.05) is 12.2 Å². The van der Waals surface area contributed by atoms with Crippen molar-refractivity contribution < 1.29 is 0 Å². The molecule has 0 aliphatic carbocycles. The molecule has 2 N–H and O–H groups in total. The Morgan fingerprint density at radius 3 is 2.82 bits per heavy atom. The predicted molar refractivity (Wildman–Crippen MR) is 71.2 cm³/mol. The summed E-state index contributed by atoms with van der Waals surface area (Å²) in [5.41, 5.74) is 2.03. The Hall–Kier alpha value is -1.58. The molecule has 0 aliphatic heterocycles. The van der Waals surface area contributed by atoms with Gasteiger partial charge in [-0.05, 0) is 32.3 Å². The second kappa shape index (κ2) is 4.73. The number of hydrogen-bond donors (Lipinski definition) is 2. The Morgan fingerprint density at radius 2 is 2.12 bits per heavy atom. The van der Waals surface area contributed by atoms with Crippen molar-refractivity contribution in [3.63, 3.8) is 0 Å². The SMILES string of the molecule is Cc1n[nH]c2ccnc(N[C@H](C)CC(C)C)c12. The van der Waals surface area contributed by atoms with Gasteiger partial charge in [0.05, 0.1) is 16.6 Å². The minimum absolute atomic E-state index is 0.419. The zero-order valence-corrected chi connectivity index (χ0v) is 10.9. The van der Waals surface area contributed by atoms with Gasteiger partial charge in [0.2, 0.25) is 0 Å². The van der Waals surface area contributed by atoms with Crippen molar-refractivity contribution in [2.45, 2.75) is 40.2 Å². The molecule has 2 rings (SSSR count).